The number of hydrogen-bond donors (Lipinski definition) is 0. The van der Waals surface area contributed by atoms with Crippen molar-refractivity contribution in [2.24, 2.45) is 0 Å². The van der Waals surface area contributed by atoms with Gasteiger partial charge in [0.1, 0.15) is 78.5 Å². The van der Waals surface area contributed by atoms with Gasteiger partial charge in [0.05, 0.1) is 16.7 Å². The topological polar surface area (TPSA) is 87.2 Å². The zero-order valence-corrected chi connectivity index (χ0v) is 45.7. The van der Waals surface area contributed by atoms with E-state index in [9.17, 15) is 0 Å². The second kappa shape index (κ2) is 19.1. The predicted molar refractivity (Wildman–Crippen MR) is 356 cm³/mol. The number of aromatic nitrogens is 8. The highest BCUT2D eigenvalue weighted by Gasteiger charge is 2.31. The third-order valence-corrected chi connectivity index (χ3v) is 16.9. The molecule has 0 aliphatic carbocycles. The first kappa shape index (κ1) is 48.9. The first-order chi connectivity index (χ1) is 37.9. The van der Waals surface area contributed by atoms with Gasteiger partial charge in [0.25, 0.3) is 0 Å². The van der Waals surface area contributed by atoms with Crippen LogP contribution in [0.5, 0.6) is 0 Å². The number of nitrogens with zero attached hydrogens (tertiary/aromatic N) is 8. The molecule has 0 radical (unpaired) electrons. The van der Waals surface area contributed by atoms with E-state index in [4.69, 9.17) is 29.9 Å². The van der Waals surface area contributed by atoms with Crippen molar-refractivity contribution in [3.8, 4) is 79.7 Å². The molecular formula is C60H48B10N8. The van der Waals surface area contributed by atoms with Crippen molar-refractivity contribution < 1.29 is 0 Å². The fourth-order valence-corrected chi connectivity index (χ4v) is 12.0. The van der Waals surface area contributed by atoms with Gasteiger partial charge in [-0.1, -0.05) is 183 Å². The number of hydrogen-bond acceptors (Lipinski definition) is 6. The maximum absolute atomic E-state index is 5.51. The van der Waals surface area contributed by atoms with Crippen LogP contribution in [0.25, 0.3) is 123 Å². The number of benzene rings is 9. The normalized spacial score (nSPS) is 11.6. The van der Waals surface area contributed by atoms with Gasteiger partial charge in [-0.15, -0.1) is 10.9 Å². The Kier molecular flexibility index (Phi) is 11.9. The summed E-state index contributed by atoms with van der Waals surface area (Å²) in [5.74, 6) is 3.37. The van der Waals surface area contributed by atoms with Crippen LogP contribution in [0.15, 0.2) is 170 Å². The van der Waals surface area contributed by atoms with Crippen LogP contribution in [0.2, 0.25) is 0 Å². The summed E-state index contributed by atoms with van der Waals surface area (Å²) >= 11 is 0. The summed E-state index contributed by atoms with van der Waals surface area (Å²) < 4.78 is 5.12. The van der Waals surface area contributed by atoms with Gasteiger partial charge in [0.2, 0.25) is 0 Å². The van der Waals surface area contributed by atoms with Crippen molar-refractivity contribution in [1.82, 2.24) is 39.0 Å². The Hall–Kier alpha value is -8.75. The van der Waals surface area contributed by atoms with Crippen LogP contribution in [-0.4, -0.2) is 118 Å². The van der Waals surface area contributed by atoms with Crippen LogP contribution in [0.1, 0.15) is 0 Å². The van der Waals surface area contributed by atoms with Crippen molar-refractivity contribution in [2.75, 3.05) is 0 Å². The fraction of sp³-hybridized carbons (Fsp3) is 0. The third kappa shape index (κ3) is 7.66. The summed E-state index contributed by atoms with van der Waals surface area (Å²) in [4.78, 5) is 31.9. The van der Waals surface area contributed by atoms with Crippen LogP contribution >= 0.6 is 0 Å². The average Bonchev–Trinajstić information content (AvgIpc) is 4.12. The lowest BCUT2D eigenvalue weighted by atomic mass is 9.64. The van der Waals surface area contributed by atoms with E-state index in [2.05, 4.69) is 160 Å². The maximum Gasteiger partial charge on any atom is 0.166 e. The monoisotopic (exact) mass is 990 g/mol. The van der Waals surface area contributed by atoms with E-state index in [1.54, 1.807) is 0 Å². The standard InChI is InChI=1S/C60H48B10N8/c61-41-39-37-43(63)45(65)47(67)49(69)51(37)77(34-24-14-5-15-25-34)53(39)54-40(42(41)62)38-44(64)46(66)48(68)50(70)52(38)78(54)36-27-26-33(59-73-55(29-16-6-1-7-17-29)71-56(74-59)30-18-8-2-9-19-30)28-35(36)60-75-57(31-20-10-3-11-21-31)72-58(76-60)32-22-12-4-13-23-32/h1-28H,61-70H2. The van der Waals surface area contributed by atoms with Crippen molar-refractivity contribution in [3.05, 3.63) is 170 Å². The van der Waals surface area contributed by atoms with Crippen LogP contribution in [0, 0.1) is 0 Å². The van der Waals surface area contributed by atoms with Crippen molar-refractivity contribution in [3.63, 3.8) is 0 Å². The molecule has 0 amide bonds. The molecule has 4 aromatic heterocycles. The van der Waals surface area contributed by atoms with Gasteiger partial charge in [-0.3, -0.25) is 0 Å². The van der Waals surface area contributed by atoms with E-state index in [1.807, 2.05) is 97.1 Å². The van der Waals surface area contributed by atoms with E-state index in [-0.39, 0.29) is 0 Å². The van der Waals surface area contributed by atoms with Gasteiger partial charge >= 0.3 is 0 Å². The second-order valence-corrected chi connectivity index (χ2v) is 21.0. The third-order valence-electron chi connectivity index (χ3n) is 16.9. The van der Waals surface area contributed by atoms with E-state index in [1.165, 1.54) is 81.7 Å². The molecule has 78 heavy (non-hydrogen) atoms. The molecule has 0 aliphatic heterocycles. The Morgan fingerprint density at radius 1 is 0.244 bits per heavy atom. The lowest BCUT2D eigenvalue weighted by Gasteiger charge is -2.20. The molecule has 0 aliphatic rings. The molecule has 13 aromatic rings. The predicted octanol–water partition coefficient (Wildman–Crippen LogP) is -3.16. The first-order valence-corrected chi connectivity index (χ1v) is 26.8. The molecule has 0 saturated heterocycles. The van der Waals surface area contributed by atoms with Gasteiger partial charge in [-0.2, -0.15) is 0 Å². The summed E-state index contributed by atoms with van der Waals surface area (Å²) in [6.45, 7) is 0. The van der Waals surface area contributed by atoms with Crippen LogP contribution in [0.4, 0.5) is 0 Å². The van der Waals surface area contributed by atoms with E-state index in [0.29, 0.717) is 34.9 Å². The Morgan fingerprint density at radius 2 is 0.538 bits per heavy atom. The SMILES string of the molecule is Bc1c(B)c(B)c2c(c1B)c1c(B)c(B)c3c4c(B)c(B)c(B)c(B)c4n(-c4ccc(-c5nc(-c6ccccc6)nc(-c6ccccc6)n5)cc4-c4nc(-c5ccccc5)nc(-c5ccccc5)n4)c3c1n2-c1ccccc1. The van der Waals surface area contributed by atoms with Crippen molar-refractivity contribution in [2.45, 2.75) is 0 Å². The summed E-state index contributed by atoms with van der Waals surface area (Å²) in [6.07, 6.45) is 0. The molecule has 358 valence electrons. The van der Waals surface area contributed by atoms with Crippen LogP contribution < -0.4 is 54.6 Å². The Morgan fingerprint density at radius 3 is 0.936 bits per heavy atom. The highest BCUT2D eigenvalue weighted by atomic mass is 15.1. The molecule has 18 heteroatoms. The molecule has 0 N–H and O–H groups in total. The minimum atomic E-state index is 0.523. The number of para-hydroxylation sites is 1. The summed E-state index contributed by atoms with van der Waals surface area (Å²) in [6, 6.07) is 58.3. The quantitative estimate of drug-likeness (QED) is 0.150. The highest BCUT2D eigenvalue weighted by molar-refractivity contribution is 6.71. The molecular weight excluding hydrogens is 941 g/mol. The Labute approximate surface area is 462 Å². The highest BCUT2D eigenvalue weighted by Crippen LogP contribution is 2.41. The first-order valence-electron chi connectivity index (χ1n) is 26.8. The van der Waals surface area contributed by atoms with Gasteiger partial charge in [-0.25, -0.2) is 29.9 Å². The minimum absolute atomic E-state index is 0.523. The minimum Gasteiger partial charge on any atom is -0.308 e. The van der Waals surface area contributed by atoms with Gasteiger partial charge in [0.15, 0.2) is 34.9 Å². The molecule has 8 nitrogen and oxygen atoms in total. The molecule has 0 spiro atoms. The lowest BCUT2D eigenvalue weighted by molar-refractivity contribution is 1.06. The van der Waals surface area contributed by atoms with Gasteiger partial charge in [0, 0.05) is 60.9 Å². The van der Waals surface area contributed by atoms with Crippen LogP contribution in [0.3, 0.4) is 0 Å². The molecule has 9 aromatic carbocycles. The van der Waals surface area contributed by atoms with E-state index in [0.717, 1.165) is 61.3 Å². The number of rotatable bonds is 8. The number of fused-ring (bicyclic) bond motifs is 7. The molecule has 4 heterocycles. The molecule has 0 bridgehead atoms. The summed E-state index contributed by atoms with van der Waals surface area (Å²) in [5, 5.41) is 5.04. The molecule has 13 rings (SSSR count). The molecule has 0 fully saturated rings. The zero-order chi connectivity index (χ0) is 53.7. The summed E-state index contributed by atoms with van der Waals surface area (Å²) in [5.41, 5.74) is 24.7. The molecule has 0 saturated carbocycles. The zero-order valence-electron chi connectivity index (χ0n) is 45.7. The smallest absolute Gasteiger partial charge is 0.166 e. The Bertz CT molecular complexity index is 4480. The summed E-state index contributed by atoms with van der Waals surface area (Å²) in [7, 11) is 23.0. The van der Waals surface area contributed by atoms with Gasteiger partial charge < -0.3 is 9.13 Å². The maximum atomic E-state index is 5.51. The molecule has 0 unspecified atom stereocenters. The largest absolute Gasteiger partial charge is 0.308 e. The van der Waals surface area contributed by atoms with Gasteiger partial charge in [-0.05, 0) is 41.1 Å². The second-order valence-electron chi connectivity index (χ2n) is 21.0. The van der Waals surface area contributed by atoms with E-state index >= 15 is 0 Å². The fourth-order valence-electron chi connectivity index (χ4n) is 12.0. The van der Waals surface area contributed by atoms with Crippen LogP contribution in [-0.2, 0) is 0 Å². The Balaban J connectivity index is 1.25. The molecule has 0 atom stereocenters. The lowest BCUT2D eigenvalue weighted by Crippen LogP contribution is -2.48. The van der Waals surface area contributed by atoms with E-state index < -0.39 is 0 Å². The van der Waals surface area contributed by atoms with Crippen molar-refractivity contribution >= 4 is 177 Å². The average molecular weight is 989 g/mol. The van der Waals surface area contributed by atoms with Crippen molar-refractivity contribution in [1.29, 1.82) is 0 Å².